The quantitative estimate of drug-likeness (QED) is 0.513. The van der Waals surface area contributed by atoms with Crippen LogP contribution in [0, 0.1) is 0 Å². The minimum Gasteiger partial charge on any atom is -0.410 e. The van der Waals surface area contributed by atoms with E-state index in [9.17, 15) is 9.59 Å². The molecule has 0 heterocycles. The predicted molar refractivity (Wildman–Crippen MR) is 89.1 cm³/mol. The maximum Gasteiger partial charge on any atom is 0.433 e. The standard InChI is InChI=1S/C17H17N3O4/c1-18-16(21)23-14-10-6-9-13(11-14)15(20-24-17(22)19-2)12-7-4-3-5-8-12/h3-11H,1-2H3,(H,18,21)(H,19,22)/b20-15-. The van der Waals surface area contributed by atoms with Gasteiger partial charge in [0.1, 0.15) is 11.5 Å². The molecule has 0 atom stereocenters. The van der Waals surface area contributed by atoms with E-state index in [0.29, 0.717) is 17.0 Å². The highest BCUT2D eigenvalue weighted by Crippen LogP contribution is 2.18. The van der Waals surface area contributed by atoms with Crippen LogP contribution in [0.3, 0.4) is 0 Å². The van der Waals surface area contributed by atoms with Crippen molar-refractivity contribution in [2.75, 3.05) is 14.1 Å². The number of carbonyl (C=O) groups excluding carboxylic acids is 2. The largest absolute Gasteiger partial charge is 0.433 e. The number of benzene rings is 2. The second-order valence-electron chi connectivity index (χ2n) is 4.60. The average molecular weight is 327 g/mol. The Kier molecular flexibility index (Phi) is 5.90. The monoisotopic (exact) mass is 327 g/mol. The van der Waals surface area contributed by atoms with Crippen LogP contribution < -0.4 is 15.4 Å². The van der Waals surface area contributed by atoms with Gasteiger partial charge < -0.3 is 15.4 Å². The molecule has 124 valence electrons. The SMILES string of the molecule is CNC(=O)O/N=C(/c1ccccc1)c1cccc(OC(=O)NC)c1. The maximum atomic E-state index is 11.3. The fourth-order valence-corrected chi connectivity index (χ4v) is 1.87. The van der Waals surface area contributed by atoms with Gasteiger partial charge in [-0.05, 0) is 12.1 Å². The second-order valence-corrected chi connectivity index (χ2v) is 4.60. The molecule has 24 heavy (non-hydrogen) atoms. The summed E-state index contributed by atoms with van der Waals surface area (Å²) in [7, 11) is 2.91. The topological polar surface area (TPSA) is 89.0 Å². The van der Waals surface area contributed by atoms with Crippen LogP contribution in [0.2, 0.25) is 0 Å². The van der Waals surface area contributed by atoms with Crippen molar-refractivity contribution in [3.8, 4) is 5.75 Å². The number of nitrogens with one attached hydrogen (secondary N) is 2. The Morgan fingerprint density at radius 3 is 2.21 bits per heavy atom. The number of carbonyl (C=O) groups is 2. The lowest BCUT2D eigenvalue weighted by Gasteiger charge is -2.09. The number of ether oxygens (including phenoxy) is 1. The van der Waals surface area contributed by atoms with Crippen LogP contribution in [0.5, 0.6) is 5.75 Å². The van der Waals surface area contributed by atoms with Gasteiger partial charge in [-0.2, -0.15) is 0 Å². The van der Waals surface area contributed by atoms with Crippen LogP contribution in [0.15, 0.2) is 59.8 Å². The first-order valence-electron chi connectivity index (χ1n) is 7.16. The van der Waals surface area contributed by atoms with Gasteiger partial charge >= 0.3 is 12.2 Å². The van der Waals surface area contributed by atoms with Gasteiger partial charge in [0.05, 0.1) is 0 Å². The van der Waals surface area contributed by atoms with Gasteiger partial charge in [-0.1, -0.05) is 47.6 Å². The van der Waals surface area contributed by atoms with Gasteiger partial charge in [0.15, 0.2) is 0 Å². The Hall–Kier alpha value is -3.35. The van der Waals surface area contributed by atoms with E-state index in [4.69, 9.17) is 9.57 Å². The molecule has 0 aromatic heterocycles. The second kappa shape index (κ2) is 8.33. The highest BCUT2D eigenvalue weighted by atomic mass is 16.7. The van der Waals surface area contributed by atoms with E-state index >= 15 is 0 Å². The Balaban J connectivity index is 2.38. The molecule has 0 saturated carbocycles. The van der Waals surface area contributed by atoms with Crippen LogP contribution in [0.25, 0.3) is 0 Å². The zero-order valence-electron chi connectivity index (χ0n) is 13.3. The van der Waals surface area contributed by atoms with Gasteiger partial charge in [0.2, 0.25) is 0 Å². The van der Waals surface area contributed by atoms with Crippen molar-refractivity contribution in [3.63, 3.8) is 0 Å². The van der Waals surface area contributed by atoms with Crippen molar-refractivity contribution in [1.29, 1.82) is 0 Å². The van der Waals surface area contributed by atoms with Crippen LogP contribution in [-0.4, -0.2) is 32.0 Å². The Labute approximate surface area is 139 Å². The molecule has 0 aliphatic heterocycles. The average Bonchev–Trinajstić information content (AvgIpc) is 2.62. The minimum absolute atomic E-state index is 0.343. The minimum atomic E-state index is -0.679. The summed E-state index contributed by atoms with van der Waals surface area (Å²) in [5.41, 5.74) is 1.81. The predicted octanol–water partition coefficient (Wildman–Crippen LogP) is 2.51. The number of oxime groups is 1. The van der Waals surface area contributed by atoms with E-state index in [1.54, 1.807) is 24.3 Å². The molecule has 2 rings (SSSR count). The molecule has 0 saturated heterocycles. The van der Waals surface area contributed by atoms with E-state index in [1.165, 1.54) is 14.1 Å². The molecule has 7 nitrogen and oxygen atoms in total. The summed E-state index contributed by atoms with van der Waals surface area (Å²) >= 11 is 0. The number of hydrogen-bond acceptors (Lipinski definition) is 5. The van der Waals surface area contributed by atoms with E-state index < -0.39 is 12.2 Å². The molecule has 2 N–H and O–H groups in total. The van der Waals surface area contributed by atoms with Gasteiger partial charge in [-0.15, -0.1) is 0 Å². The number of rotatable bonds is 4. The van der Waals surface area contributed by atoms with Gasteiger partial charge in [0.25, 0.3) is 0 Å². The summed E-state index contributed by atoms with van der Waals surface area (Å²) in [5.74, 6) is 0.343. The van der Waals surface area contributed by atoms with Crippen molar-refractivity contribution >= 4 is 17.9 Å². The molecule has 2 amide bonds. The first-order chi connectivity index (χ1) is 11.6. The molecule has 0 aliphatic carbocycles. The Bertz CT molecular complexity index is 745. The first-order valence-corrected chi connectivity index (χ1v) is 7.16. The van der Waals surface area contributed by atoms with E-state index in [-0.39, 0.29) is 0 Å². The zero-order chi connectivity index (χ0) is 17.4. The molecule has 0 fully saturated rings. The third-order valence-corrected chi connectivity index (χ3v) is 2.99. The fourth-order valence-electron chi connectivity index (χ4n) is 1.87. The summed E-state index contributed by atoms with van der Waals surface area (Å²) in [4.78, 5) is 27.5. The molecule has 0 radical (unpaired) electrons. The van der Waals surface area contributed by atoms with Crippen molar-refractivity contribution < 1.29 is 19.2 Å². The third kappa shape index (κ3) is 4.57. The van der Waals surface area contributed by atoms with Gasteiger partial charge in [-0.3, -0.25) is 4.84 Å². The van der Waals surface area contributed by atoms with Gasteiger partial charge in [0, 0.05) is 25.2 Å². The lowest BCUT2D eigenvalue weighted by molar-refractivity contribution is 0.153. The van der Waals surface area contributed by atoms with Crippen LogP contribution in [0.4, 0.5) is 9.59 Å². The highest BCUT2D eigenvalue weighted by molar-refractivity contribution is 6.13. The van der Waals surface area contributed by atoms with Crippen molar-refractivity contribution in [3.05, 3.63) is 65.7 Å². The fraction of sp³-hybridized carbons (Fsp3) is 0.118. The van der Waals surface area contributed by atoms with Gasteiger partial charge in [-0.25, -0.2) is 9.59 Å². The van der Waals surface area contributed by atoms with Crippen molar-refractivity contribution in [2.24, 2.45) is 5.16 Å². The summed E-state index contributed by atoms with van der Waals surface area (Å²) in [6.45, 7) is 0. The van der Waals surface area contributed by atoms with E-state index in [1.807, 2.05) is 30.3 Å². The zero-order valence-corrected chi connectivity index (χ0v) is 13.3. The molecular formula is C17H17N3O4. The first kappa shape index (κ1) is 17.0. The Morgan fingerprint density at radius 1 is 0.875 bits per heavy atom. The molecule has 0 aliphatic rings. The Morgan fingerprint density at radius 2 is 1.54 bits per heavy atom. The third-order valence-electron chi connectivity index (χ3n) is 2.99. The summed E-state index contributed by atoms with van der Waals surface area (Å²) in [6, 6.07) is 16.0. The lowest BCUT2D eigenvalue weighted by Crippen LogP contribution is -2.22. The highest BCUT2D eigenvalue weighted by Gasteiger charge is 2.11. The van der Waals surface area contributed by atoms with Crippen LogP contribution >= 0.6 is 0 Å². The van der Waals surface area contributed by atoms with Crippen molar-refractivity contribution in [2.45, 2.75) is 0 Å². The molecule has 0 unspecified atom stereocenters. The number of hydrogen-bond donors (Lipinski definition) is 2. The maximum absolute atomic E-state index is 11.3. The molecule has 2 aromatic rings. The van der Waals surface area contributed by atoms with E-state index in [0.717, 1.165) is 5.56 Å². The normalized spacial score (nSPS) is 10.7. The number of amides is 2. The summed E-state index contributed by atoms with van der Waals surface area (Å²) < 4.78 is 5.11. The van der Waals surface area contributed by atoms with Crippen molar-refractivity contribution in [1.82, 2.24) is 10.6 Å². The van der Waals surface area contributed by atoms with E-state index in [2.05, 4.69) is 15.8 Å². The molecule has 7 heteroatoms. The summed E-state index contributed by atoms with van der Waals surface area (Å²) in [6.07, 6.45) is -1.26. The lowest BCUT2D eigenvalue weighted by atomic mass is 10.0. The van der Waals surface area contributed by atoms with Crippen LogP contribution in [-0.2, 0) is 4.84 Å². The van der Waals surface area contributed by atoms with Crippen LogP contribution in [0.1, 0.15) is 11.1 Å². The molecule has 0 spiro atoms. The summed E-state index contributed by atoms with van der Waals surface area (Å²) in [5, 5.41) is 8.62. The smallest absolute Gasteiger partial charge is 0.410 e. The number of nitrogens with zero attached hydrogens (tertiary/aromatic N) is 1. The molecule has 0 bridgehead atoms. The molecule has 2 aromatic carbocycles. The molecular weight excluding hydrogens is 310 g/mol.